The molecule has 308 valence electrons. The molecule has 0 aliphatic heterocycles. The molecule has 0 aliphatic carbocycles. The van der Waals surface area contributed by atoms with Crippen LogP contribution in [-0.2, 0) is 33.3 Å². The van der Waals surface area contributed by atoms with Crippen molar-refractivity contribution in [1.82, 2.24) is 0 Å². The van der Waals surface area contributed by atoms with Crippen molar-refractivity contribution >= 4 is 17.9 Å². The average Bonchev–Trinajstić information content (AvgIpc) is 3.11. The highest BCUT2D eigenvalue weighted by Crippen LogP contribution is 2.13. The summed E-state index contributed by atoms with van der Waals surface area (Å²) in [6.07, 6.45) is 36.5. The van der Waals surface area contributed by atoms with Gasteiger partial charge < -0.3 is 33.3 Å². The molecule has 0 N–H and O–H groups in total. The molecule has 53 heavy (non-hydrogen) atoms. The first kappa shape index (κ1) is 50.5. The van der Waals surface area contributed by atoms with Crippen molar-refractivity contribution in [2.24, 2.45) is 0 Å². The summed E-state index contributed by atoms with van der Waals surface area (Å²) in [7, 11) is 5.89. The van der Waals surface area contributed by atoms with Crippen LogP contribution in [0.5, 0.6) is 0 Å². The predicted molar refractivity (Wildman–Crippen MR) is 214 cm³/mol. The second-order valence-corrected chi connectivity index (χ2v) is 15.3. The SMILES string of the molecule is CCCCCCC/C=C\C/C=C\C/C=C\CCCCCCCCCCC(=O)OC(COC(=O)CCCCCCC)COC(OCC[N+](C)(C)C)C(=O)[O-]. The van der Waals surface area contributed by atoms with Crippen LogP contribution in [0.1, 0.15) is 168 Å². The number of carboxylic acid groups (broad SMARTS) is 1. The second-order valence-electron chi connectivity index (χ2n) is 15.3. The molecule has 0 aromatic carbocycles. The Morgan fingerprint density at radius 1 is 0.566 bits per heavy atom. The van der Waals surface area contributed by atoms with E-state index in [-0.39, 0.29) is 38.6 Å². The topological polar surface area (TPSA) is 111 Å². The number of hydrogen-bond acceptors (Lipinski definition) is 8. The van der Waals surface area contributed by atoms with Crippen molar-refractivity contribution in [3.63, 3.8) is 0 Å². The Morgan fingerprint density at radius 2 is 1.02 bits per heavy atom. The zero-order chi connectivity index (χ0) is 39.3. The quantitative estimate of drug-likeness (QED) is 0.0202. The Hall–Kier alpha value is -2.49. The van der Waals surface area contributed by atoms with Crippen molar-refractivity contribution in [2.45, 2.75) is 180 Å². The Morgan fingerprint density at radius 3 is 1.51 bits per heavy atom. The van der Waals surface area contributed by atoms with Gasteiger partial charge in [0.25, 0.3) is 0 Å². The van der Waals surface area contributed by atoms with Gasteiger partial charge in [0.1, 0.15) is 13.2 Å². The Balaban J connectivity index is 4.25. The van der Waals surface area contributed by atoms with Crippen LogP contribution in [0, 0.1) is 0 Å². The summed E-state index contributed by atoms with van der Waals surface area (Å²) in [5.41, 5.74) is 0. The summed E-state index contributed by atoms with van der Waals surface area (Å²) in [6, 6.07) is 0. The molecule has 0 radical (unpaired) electrons. The summed E-state index contributed by atoms with van der Waals surface area (Å²) in [5.74, 6) is -2.31. The lowest BCUT2D eigenvalue weighted by molar-refractivity contribution is -0.870. The summed E-state index contributed by atoms with van der Waals surface area (Å²) >= 11 is 0. The summed E-state index contributed by atoms with van der Waals surface area (Å²) < 4.78 is 22.3. The Bertz CT molecular complexity index is 971. The standard InChI is InChI=1S/C44H79NO8/c1-6-8-10-12-13-14-15-16-17-18-19-20-21-22-23-24-25-26-27-28-29-31-33-35-42(47)53-40(38-51-41(46)34-32-30-11-9-7-2)39-52-44(43(48)49)50-37-36-45(3,4)5/h15-16,18-19,21-22,40,44H,6-14,17,20,23-39H2,1-5H3/b16-15-,19-18-,22-21-. The van der Waals surface area contributed by atoms with Gasteiger partial charge >= 0.3 is 11.9 Å². The third kappa shape index (κ3) is 37.6. The van der Waals surface area contributed by atoms with Crippen molar-refractivity contribution < 1.29 is 42.9 Å². The monoisotopic (exact) mass is 750 g/mol. The second kappa shape index (κ2) is 36.5. The minimum absolute atomic E-state index is 0.146. The molecule has 9 nitrogen and oxygen atoms in total. The molecule has 0 spiro atoms. The normalized spacial score (nSPS) is 13.3. The number of esters is 2. The number of carbonyl (C=O) groups excluding carboxylic acids is 3. The number of aliphatic carboxylic acids is 1. The summed E-state index contributed by atoms with van der Waals surface area (Å²) in [6.45, 7) is 4.61. The van der Waals surface area contributed by atoms with Crippen molar-refractivity contribution in [3.8, 4) is 0 Å². The first-order valence-electron chi connectivity index (χ1n) is 21.1. The van der Waals surface area contributed by atoms with Crippen LogP contribution >= 0.6 is 0 Å². The molecule has 0 rings (SSSR count). The van der Waals surface area contributed by atoms with Gasteiger partial charge in [-0.2, -0.15) is 0 Å². The lowest BCUT2D eigenvalue weighted by Crippen LogP contribution is -2.44. The molecule has 0 saturated heterocycles. The molecular formula is C44H79NO8. The first-order chi connectivity index (χ1) is 25.6. The fourth-order valence-electron chi connectivity index (χ4n) is 5.54. The third-order valence-electron chi connectivity index (χ3n) is 8.89. The molecule has 0 aliphatic rings. The van der Waals surface area contributed by atoms with Crippen LogP contribution in [0.25, 0.3) is 0 Å². The van der Waals surface area contributed by atoms with Gasteiger partial charge in [0.15, 0.2) is 12.4 Å². The number of ether oxygens (including phenoxy) is 4. The van der Waals surface area contributed by atoms with Crippen molar-refractivity contribution in [1.29, 1.82) is 0 Å². The highest BCUT2D eigenvalue weighted by atomic mass is 16.7. The van der Waals surface area contributed by atoms with E-state index in [0.717, 1.165) is 70.6 Å². The van der Waals surface area contributed by atoms with E-state index in [9.17, 15) is 19.5 Å². The number of rotatable bonds is 38. The highest BCUT2D eigenvalue weighted by Gasteiger charge is 2.21. The number of carboxylic acids is 1. The number of quaternary nitrogens is 1. The number of allylic oxidation sites excluding steroid dienone is 6. The van der Waals surface area contributed by atoms with E-state index in [1.54, 1.807) is 0 Å². The van der Waals surface area contributed by atoms with E-state index in [1.807, 2.05) is 21.1 Å². The number of unbranched alkanes of at least 4 members (excludes halogenated alkanes) is 17. The zero-order valence-corrected chi connectivity index (χ0v) is 34.6. The van der Waals surface area contributed by atoms with Gasteiger partial charge in [0.2, 0.25) is 0 Å². The fraction of sp³-hybridized carbons (Fsp3) is 0.795. The fourth-order valence-corrected chi connectivity index (χ4v) is 5.54. The zero-order valence-electron chi connectivity index (χ0n) is 34.6. The van der Waals surface area contributed by atoms with Crippen LogP contribution in [0.3, 0.4) is 0 Å². The first-order valence-corrected chi connectivity index (χ1v) is 21.1. The molecular weight excluding hydrogens is 670 g/mol. The predicted octanol–water partition coefficient (Wildman–Crippen LogP) is 9.33. The van der Waals surface area contributed by atoms with Crippen LogP contribution in [0.4, 0.5) is 0 Å². The molecule has 2 atom stereocenters. The van der Waals surface area contributed by atoms with E-state index >= 15 is 0 Å². The van der Waals surface area contributed by atoms with Crippen molar-refractivity contribution in [2.75, 3.05) is 47.5 Å². The van der Waals surface area contributed by atoms with Gasteiger partial charge in [0, 0.05) is 12.8 Å². The third-order valence-corrected chi connectivity index (χ3v) is 8.89. The maximum absolute atomic E-state index is 12.7. The molecule has 9 heteroatoms. The average molecular weight is 750 g/mol. The van der Waals surface area contributed by atoms with Gasteiger partial charge in [-0.15, -0.1) is 0 Å². The van der Waals surface area contributed by atoms with Crippen LogP contribution < -0.4 is 5.11 Å². The molecule has 0 aromatic heterocycles. The van der Waals surface area contributed by atoms with Gasteiger partial charge in [-0.1, -0.05) is 140 Å². The maximum atomic E-state index is 12.7. The van der Waals surface area contributed by atoms with Crippen molar-refractivity contribution in [3.05, 3.63) is 36.5 Å². The largest absolute Gasteiger partial charge is 0.545 e. The van der Waals surface area contributed by atoms with E-state index in [1.165, 1.54) is 64.2 Å². The van der Waals surface area contributed by atoms with E-state index < -0.39 is 24.3 Å². The molecule has 0 bridgehead atoms. The smallest absolute Gasteiger partial charge is 0.306 e. The van der Waals surface area contributed by atoms with Gasteiger partial charge in [-0.3, -0.25) is 9.59 Å². The molecule has 0 aromatic rings. The molecule has 0 heterocycles. The van der Waals surface area contributed by atoms with Gasteiger partial charge in [-0.25, -0.2) is 0 Å². The van der Waals surface area contributed by atoms with Crippen LogP contribution in [0.15, 0.2) is 36.5 Å². The van der Waals surface area contributed by atoms with E-state index in [4.69, 9.17) is 18.9 Å². The number of likely N-dealkylation sites (N-methyl/N-ethyl adjacent to an activating group) is 1. The molecule has 0 amide bonds. The molecule has 2 unspecified atom stereocenters. The minimum Gasteiger partial charge on any atom is -0.545 e. The number of carbonyl (C=O) groups is 3. The number of nitrogens with zero attached hydrogens (tertiary/aromatic N) is 1. The van der Waals surface area contributed by atoms with Gasteiger partial charge in [-0.05, 0) is 51.4 Å². The highest BCUT2D eigenvalue weighted by molar-refractivity contribution is 5.70. The van der Waals surface area contributed by atoms with Crippen LogP contribution in [0.2, 0.25) is 0 Å². The lowest BCUT2D eigenvalue weighted by atomic mass is 10.1. The van der Waals surface area contributed by atoms with Crippen LogP contribution in [-0.4, -0.2) is 82.3 Å². The minimum atomic E-state index is -1.62. The maximum Gasteiger partial charge on any atom is 0.306 e. The molecule has 0 fully saturated rings. The van der Waals surface area contributed by atoms with Gasteiger partial charge in [0.05, 0.1) is 40.3 Å². The lowest BCUT2D eigenvalue weighted by Gasteiger charge is -2.26. The Kier molecular flexibility index (Phi) is 34.8. The summed E-state index contributed by atoms with van der Waals surface area (Å²) in [5, 5.41) is 11.6. The summed E-state index contributed by atoms with van der Waals surface area (Å²) in [4.78, 5) is 36.6. The number of hydrogen-bond donors (Lipinski definition) is 0. The van der Waals surface area contributed by atoms with E-state index in [0.29, 0.717) is 17.4 Å². The molecule has 0 saturated carbocycles. The van der Waals surface area contributed by atoms with E-state index in [2.05, 4.69) is 50.3 Å². The Labute approximate surface area is 324 Å².